The lowest BCUT2D eigenvalue weighted by atomic mass is 9.77. The minimum absolute atomic E-state index is 0. The highest BCUT2D eigenvalue weighted by molar-refractivity contribution is 6.42. The van der Waals surface area contributed by atoms with Crippen LogP contribution in [-0.4, -0.2) is 13.1 Å². The summed E-state index contributed by atoms with van der Waals surface area (Å²) in [6, 6.07) is 16.7. The van der Waals surface area contributed by atoms with E-state index in [4.69, 9.17) is 23.2 Å². The third kappa shape index (κ3) is 3.73. The lowest BCUT2D eigenvalue weighted by molar-refractivity contribution is 0.404. The largest absolute Gasteiger partial charge is 0.316 e. The molecular formula is C17H18Cl3N. The van der Waals surface area contributed by atoms with Gasteiger partial charge in [0.05, 0.1) is 10.0 Å². The highest BCUT2D eigenvalue weighted by Crippen LogP contribution is 2.39. The van der Waals surface area contributed by atoms with Crippen molar-refractivity contribution in [1.29, 1.82) is 0 Å². The van der Waals surface area contributed by atoms with E-state index < -0.39 is 0 Å². The maximum absolute atomic E-state index is 6.18. The monoisotopic (exact) mass is 341 g/mol. The highest BCUT2D eigenvalue weighted by atomic mass is 35.5. The maximum Gasteiger partial charge on any atom is 0.0595 e. The molecule has 1 aliphatic heterocycles. The number of hydrogen-bond donors (Lipinski definition) is 1. The minimum atomic E-state index is 0. The van der Waals surface area contributed by atoms with Crippen LogP contribution < -0.4 is 5.32 Å². The van der Waals surface area contributed by atoms with E-state index in [2.05, 4.69) is 41.7 Å². The molecule has 2 aromatic carbocycles. The lowest BCUT2D eigenvalue weighted by Crippen LogP contribution is -2.34. The fourth-order valence-electron chi connectivity index (χ4n) is 3.05. The van der Waals surface area contributed by atoms with Crippen molar-refractivity contribution in [2.24, 2.45) is 0 Å². The Bertz CT molecular complexity index is 586. The number of nitrogens with one attached hydrogen (secondary N) is 1. The van der Waals surface area contributed by atoms with Gasteiger partial charge < -0.3 is 5.32 Å². The molecule has 0 aliphatic carbocycles. The molecule has 0 bridgehead atoms. The van der Waals surface area contributed by atoms with Crippen LogP contribution in [0.3, 0.4) is 0 Å². The van der Waals surface area contributed by atoms with Gasteiger partial charge in [-0.25, -0.2) is 0 Å². The predicted molar refractivity (Wildman–Crippen MR) is 93.1 cm³/mol. The SMILES string of the molecule is Cl.Clc1ccc([C@H]2CCNC[C@H]2c2ccccc2)cc1Cl. The second-order valence-corrected chi connectivity index (χ2v) is 6.10. The Hall–Kier alpha value is -0.730. The van der Waals surface area contributed by atoms with Crippen LogP contribution >= 0.6 is 35.6 Å². The zero-order chi connectivity index (χ0) is 13.9. The second-order valence-electron chi connectivity index (χ2n) is 5.29. The van der Waals surface area contributed by atoms with Gasteiger partial charge in [0.2, 0.25) is 0 Å². The number of benzene rings is 2. The van der Waals surface area contributed by atoms with E-state index >= 15 is 0 Å². The number of hydrogen-bond acceptors (Lipinski definition) is 1. The second kappa shape index (κ2) is 7.51. The third-order valence-corrected chi connectivity index (χ3v) is 4.82. The quantitative estimate of drug-likeness (QED) is 0.783. The molecule has 0 amide bonds. The van der Waals surface area contributed by atoms with Crippen molar-refractivity contribution in [2.45, 2.75) is 18.3 Å². The molecule has 0 saturated carbocycles. The molecule has 1 aliphatic rings. The van der Waals surface area contributed by atoms with E-state index in [0.717, 1.165) is 19.5 Å². The van der Waals surface area contributed by atoms with Crippen molar-refractivity contribution < 1.29 is 0 Å². The molecule has 1 fully saturated rings. The fourth-order valence-corrected chi connectivity index (χ4v) is 3.36. The molecule has 0 radical (unpaired) electrons. The number of halogens is 3. The van der Waals surface area contributed by atoms with Crippen molar-refractivity contribution in [1.82, 2.24) is 5.32 Å². The van der Waals surface area contributed by atoms with Gasteiger partial charge in [0.1, 0.15) is 0 Å². The van der Waals surface area contributed by atoms with Crippen molar-refractivity contribution >= 4 is 35.6 Å². The molecule has 0 unspecified atom stereocenters. The normalized spacial score (nSPS) is 21.6. The molecule has 2 aromatic rings. The van der Waals surface area contributed by atoms with E-state index in [0.29, 0.717) is 21.9 Å². The van der Waals surface area contributed by atoms with Gasteiger partial charge in [0.15, 0.2) is 0 Å². The molecule has 112 valence electrons. The number of rotatable bonds is 2. The van der Waals surface area contributed by atoms with E-state index in [1.54, 1.807) is 0 Å². The molecule has 21 heavy (non-hydrogen) atoms. The van der Waals surface area contributed by atoms with Crippen molar-refractivity contribution in [3.05, 3.63) is 69.7 Å². The fraction of sp³-hybridized carbons (Fsp3) is 0.294. The average molecular weight is 343 g/mol. The molecule has 4 heteroatoms. The summed E-state index contributed by atoms with van der Waals surface area (Å²) in [6.07, 6.45) is 1.12. The van der Waals surface area contributed by atoms with E-state index in [9.17, 15) is 0 Å². The van der Waals surface area contributed by atoms with E-state index in [1.807, 2.05) is 12.1 Å². The summed E-state index contributed by atoms with van der Waals surface area (Å²) >= 11 is 12.2. The minimum Gasteiger partial charge on any atom is -0.316 e. The van der Waals surface area contributed by atoms with Crippen molar-refractivity contribution in [3.63, 3.8) is 0 Å². The lowest BCUT2D eigenvalue weighted by Gasteiger charge is -2.33. The van der Waals surface area contributed by atoms with Gasteiger partial charge in [-0.15, -0.1) is 12.4 Å². The van der Waals surface area contributed by atoms with Crippen LogP contribution in [-0.2, 0) is 0 Å². The van der Waals surface area contributed by atoms with Gasteiger partial charge in [-0.2, -0.15) is 0 Å². The molecule has 1 N–H and O–H groups in total. The Morgan fingerprint density at radius 1 is 0.857 bits per heavy atom. The molecular weight excluding hydrogens is 325 g/mol. The molecule has 0 spiro atoms. The van der Waals surface area contributed by atoms with Crippen molar-refractivity contribution in [2.75, 3.05) is 13.1 Å². The molecule has 2 atom stereocenters. The first-order valence-corrected chi connectivity index (χ1v) is 7.72. The standard InChI is InChI=1S/C17H17Cl2N.ClH/c18-16-7-6-13(10-17(16)19)14-8-9-20-11-15(14)12-4-2-1-3-5-12;/h1-7,10,14-15,20H,8-9,11H2;1H/t14-,15+;/m1./s1. The third-order valence-electron chi connectivity index (χ3n) is 4.08. The van der Waals surface area contributed by atoms with Gasteiger partial charge in [-0.05, 0) is 42.1 Å². The Balaban J connectivity index is 0.00000161. The van der Waals surface area contributed by atoms with Crippen LogP contribution in [0, 0.1) is 0 Å². The summed E-state index contributed by atoms with van der Waals surface area (Å²) < 4.78 is 0. The van der Waals surface area contributed by atoms with Gasteiger partial charge in [-0.3, -0.25) is 0 Å². The Kier molecular flexibility index (Phi) is 5.95. The van der Waals surface area contributed by atoms with Crippen LogP contribution in [0.2, 0.25) is 10.0 Å². The van der Waals surface area contributed by atoms with Crippen LogP contribution in [0.15, 0.2) is 48.5 Å². The van der Waals surface area contributed by atoms with Crippen LogP contribution in [0.25, 0.3) is 0 Å². The zero-order valence-corrected chi connectivity index (χ0v) is 13.9. The molecule has 1 heterocycles. The van der Waals surface area contributed by atoms with Crippen LogP contribution in [0.4, 0.5) is 0 Å². The smallest absolute Gasteiger partial charge is 0.0595 e. The summed E-state index contributed by atoms with van der Waals surface area (Å²) in [7, 11) is 0. The van der Waals surface area contributed by atoms with Gasteiger partial charge in [0, 0.05) is 12.5 Å². The molecule has 0 aromatic heterocycles. The summed E-state index contributed by atoms with van der Waals surface area (Å²) in [6.45, 7) is 2.06. The van der Waals surface area contributed by atoms with E-state index in [-0.39, 0.29) is 12.4 Å². The summed E-state index contributed by atoms with van der Waals surface area (Å²) in [5.41, 5.74) is 2.67. The molecule has 1 nitrogen and oxygen atoms in total. The first-order valence-electron chi connectivity index (χ1n) is 6.96. The first-order chi connectivity index (χ1) is 9.75. The Morgan fingerprint density at radius 2 is 1.62 bits per heavy atom. The zero-order valence-electron chi connectivity index (χ0n) is 11.6. The Labute approximate surface area is 142 Å². The van der Waals surface area contributed by atoms with Crippen LogP contribution in [0.1, 0.15) is 29.4 Å². The van der Waals surface area contributed by atoms with Gasteiger partial charge in [-0.1, -0.05) is 59.6 Å². The van der Waals surface area contributed by atoms with Crippen molar-refractivity contribution in [3.8, 4) is 0 Å². The highest BCUT2D eigenvalue weighted by Gasteiger charge is 2.27. The maximum atomic E-state index is 6.18. The van der Waals surface area contributed by atoms with Gasteiger partial charge >= 0.3 is 0 Å². The molecule has 1 saturated heterocycles. The van der Waals surface area contributed by atoms with E-state index in [1.165, 1.54) is 11.1 Å². The Morgan fingerprint density at radius 3 is 2.33 bits per heavy atom. The summed E-state index contributed by atoms with van der Waals surface area (Å²) in [4.78, 5) is 0. The van der Waals surface area contributed by atoms with Crippen LogP contribution in [0.5, 0.6) is 0 Å². The summed E-state index contributed by atoms with van der Waals surface area (Å²) in [5, 5.41) is 4.77. The van der Waals surface area contributed by atoms with Gasteiger partial charge in [0.25, 0.3) is 0 Å². The number of piperidine rings is 1. The first kappa shape index (κ1) is 16.6. The average Bonchev–Trinajstić information content (AvgIpc) is 2.51. The molecule has 3 rings (SSSR count). The summed E-state index contributed by atoms with van der Waals surface area (Å²) in [5.74, 6) is 0.982. The predicted octanol–water partition coefficient (Wildman–Crippen LogP) is 5.28. The topological polar surface area (TPSA) is 12.0 Å².